The molecule has 0 aromatic carbocycles. The molecule has 0 aromatic rings. The number of hydrogen-bond acceptors (Lipinski definition) is 5. The zero-order valence-electron chi connectivity index (χ0n) is 44.7. The highest BCUT2D eigenvalue weighted by molar-refractivity contribution is 5.76. The molecule has 0 saturated heterocycles. The molecule has 2 unspecified atom stereocenters. The molecule has 0 fully saturated rings. The van der Waals surface area contributed by atoms with Crippen LogP contribution in [0.2, 0.25) is 0 Å². The van der Waals surface area contributed by atoms with Crippen LogP contribution >= 0.6 is 0 Å². The SMILES string of the molecule is CCCCCCCCC/C=C/C(O)C(CO)NC(=O)CCCCCCCCCCCCCCCCCCCCCCCOC(=O)CCCCCCCCCCCCCCCCCCCCC. The van der Waals surface area contributed by atoms with E-state index < -0.39 is 12.1 Å². The first-order valence-electron chi connectivity index (χ1n) is 30.0. The normalized spacial score (nSPS) is 12.6. The summed E-state index contributed by atoms with van der Waals surface area (Å²) >= 11 is 0. The Kier molecular flexibility index (Phi) is 55.0. The van der Waals surface area contributed by atoms with E-state index in [2.05, 4.69) is 19.2 Å². The zero-order valence-corrected chi connectivity index (χ0v) is 44.7. The van der Waals surface area contributed by atoms with Crippen LogP contribution in [0.4, 0.5) is 0 Å². The Balaban J connectivity index is 3.33. The standard InChI is InChI=1S/C60H117NO5/c1-3-5-7-9-11-13-14-15-16-17-21-25-28-31-34-38-42-46-50-54-60(65)66-55-51-47-43-39-35-32-29-26-23-20-18-19-22-24-27-30-33-37-41-45-49-53-59(64)61-57(56-62)58(63)52-48-44-40-36-12-10-8-6-4-2/h48,52,57-58,62-63H,3-47,49-51,53-56H2,1-2H3,(H,61,64)/b52-48+. The molecule has 0 aliphatic carbocycles. The van der Waals surface area contributed by atoms with E-state index in [4.69, 9.17) is 4.74 Å². The second-order valence-corrected chi connectivity index (χ2v) is 20.7. The zero-order chi connectivity index (χ0) is 47.9. The van der Waals surface area contributed by atoms with Gasteiger partial charge in [-0.2, -0.15) is 0 Å². The average molecular weight is 933 g/mol. The van der Waals surface area contributed by atoms with E-state index in [0.717, 1.165) is 38.5 Å². The van der Waals surface area contributed by atoms with Gasteiger partial charge < -0.3 is 20.3 Å². The Labute approximate surface area is 412 Å². The van der Waals surface area contributed by atoms with E-state index >= 15 is 0 Å². The first kappa shape index (κ1) is 64.6. The Morgan fingerprint density at radius 2 is 0.697 bits per heavy atom. The maximum absolute atomic E-state index is 12.4. The summed E-state index contributed by atoms with van der Waals surface area (Å²) in [5, 5.41) is 22.9. The second kappa shape index (κ2) is 56.2. The van der Waals surface area contributed by atoms with E-state index in [-0.39, 0.29) is 18.5 Å². The van der Waals surface area contributed by atoms with E-state index in [0.29, 0.717) is 19.4 Å². The minimum absolute atomic E-state index is 0.0164. The smallest absolute Gasteiger partial charge is 0.305 e. The molecule has 2 atom stereocenters. The highest BCUT2D eigenvalue weighted by Gasteiger charge is 2.18. The molecule has 1 amide bonds. The number of aliphatic hydroxyl groups is 2. The molecule has 392 valence electrons. The van der Waals surface area contributed by atoms with Gasteiger partial charge >= 0.3 is 5.97 Å². The van der Waals surface area contributed by atoms with Crippen LogP contribution in [0, 0.1) is 0 Å². The fourth-order valence-corrected chi connectivity index (χ4v) is 9.46. The van der Waals surface area contributed by atoms with Crippen LogP contribution in [0.5, 0.6) is 0 Å². The van der Waals surface area contributed by atoms with Gasteiger partial charge in [-0.15, -0.1) is 0 Å². The van der Waals surface area contributed by atoms with E-state index in [1.165, 1.54) is 270 Å². The third-order valence-corrected chi connectivity index (χ3v) is 14.1. The molecule has 3 N–H and O–H groups in total. The highest BCUT2D eigenvalue weighted by atomic mass is 16.5. The van der Waals surface area contributed by atoms with Gasteiger partial charge in [0, 0.05) is 12.8 Å². The van der Waals surface area contributed by atoms with Crippen molar-refractivity contribution in [3.8, 4) is 0 Å². The second-order valence-electron chi connectivity index (χ2n) is 20.7. The fraction of sp³-hybridized carbons (Fsp3) is 0.933. The van der Waals surface area contributed by atoms with Gasteiger partial charge in [-0.05, 0) is 32.1 Å². The fourth-order valence-electron chi connectivity index (χ4n) is 9.46. The lowest BCUT2D eigenvalue weighted by molar-refractivity contribution is -0.143. The molecule has 0 heterocycles. The van der Waals surface area contributed by atoms with Gasteiger partial charge in [0.1, 0.15) is 0 Å². The number of esters is 1. The number of ether oxygens (including phenoxy) is 1. The van der Waals surface area contributed by atoms with Crippen LogP contribution in [-0.2, 0) is 14.3 Å². The summed E-state index contributed by atoms with van der Waals surface area (Å²) in [5.74, 6) is -0.0539. The summed E-state index contributed by atoms with van der Waals surface area (Å²) in [6, 6.07) is -0.625. The molecule has 0 aliphatic rings. The molecule has 0 rings (SSSR count). The monoisotopic (exact) mass is 932 g/mol. The van der Waals surface area contributed by atoms with Gasteiger partial charge in [0.05, 0.1) is 25.4 Å². The molecule has 66 heavy (non-hydrogen) atoms. The van der Waals surface area contributed by atoms with Crippen LogP contribution in [0.25, 0.3) is 0 Å². The van der Waals surface area contributed by atoms with Gasteiger partial charge in [-0.3, -0.25) is 9.59 Å². The summed E-state index contributed by atoms with van der Waals surface area (Å²) in [4.78, 5) is 24.5. The third-order valence-electron chi connectivity index (χ3n) is 14.1. The Hall–Kier alpha value is -1.40. The van der Waals surface area contributed by atoms with Crippen molar-refractivity contribution < 1.29 is 24.5 Å². The van der Waals surface area contributed by atoms with E-state index in [1.54, 1.807) is 6.08 Å². The minimum atomic E-state index is -0.842. The van der Waals surface area contributed by atoms with Gasteiger partial charge in [-0.25, -0.2) is 0 Å². The molecule has 6 nitrogen and oxygen atoms in total. The number of allylic oxidation sites excluding steroid dienone is 1. The highest BCUT2D eigenvalue weighted by Crippen LogP contribution is 2.18. The predicted octanol–water partition coefficient (Wildman–Crippen LogP) is 18.5. The molecule has 0 aromatic heterocycles. The van der Waals surface area contributed by atoms with Gasteiger partial charge in [0.25, 0.3) is 0 Å². The summed E-state index contributed by atoms with van der Waals surface area (Å²) in [6.45, 7) is 4.90. The van der Waals surface area contributed by atoms with Crippen molar-refractivity contribution in [2.75, 3.05) is 13.2 Å². The van der Waals surface area contributed by atoms with Crippen LogP contribution in [0.3, 0.4) is 0 Å². The number of carbonyl (C=O) groups excluding carboxylic acids is 2. The van der Waals surface area contributed by atoms with Crippen LogP contribution < -0.4 is 5.32 Å². The number of rotatable bonds is 56. The van der Waals surface area contributed by atoms with Crippen molar-refractivity contribution in [3.63, 3.8) is 0 Å². The largest absolute Gasteiger partial charge is 0.466 e. The summed E-state index contributed by atoms with van der Waals surface area (Å²) in [5.41, 5.74) is 0. The Morgan fingerprint density at radius 1 is 0.409 bits per heavy atom. The number of aliphatic hydroxyl groups excluding tert-OH is 2. The van der Waals surface area contributed by atoms with Crippen LogP contribution in [0.1, 0.15) is 335 Å². The number of hydrogen-bond donors (Lipinski definition) is 3. The van der Waals surface area contributed by atoms with Crippen molar-refractivity contribution in [2.24, 2.45) is 0 Å². The lowest BCUT2D eigenvalue weighted by atomic mass is 10.0. The van der Waals surface area contributed by atoms with Crippen molar-refractivity contribution in [1.29, 1.82) is 0 Å². The third kappa shape index (κ3) is 52.0. The quantitative estimate of drug-likeness (QED) is 0.0321. The summed E-state index contributed by atoms with van der Waals surface area (Å²) < 4.78 is 5.50. The predicted molar refractivity (Wildman–Crippen MR) is 287 cm³/mol. The van der Waals surface area contributed by atoms with Gasteiger partial charge in [0.15, 0.2) is 0 Å². The Bertz CT molecular complexity index is 986. The van der Waals surface area contributed by atoms with E-state index in [9.17, 15) is 19.8 Å². The van der Waals surface area contributed by atoms with Crippen LogP contribution in [-0.4, -0.2) is 47.4 Å². The van der Waals surface area contributed by atoms with Crippen LogP contribution in [0.15, 0.2) is 12.2 Å². The average Bonchev–Trinajstić information content (AvgIpc) is 3.32. The topological polar surface area (TPSA) is 95.9 Å². The summed E-state index contributed by atoms with van der Waals surface area (Å²) in [6.07, 6.45) is 66.9. The van der Waals surface area contributed by atoms with Crippen molar-refractivity contribution in [2.45, 2.75) is 347 Å². The molecular weight excluding hydrogens is 815 g/mol. The van der Waals surface area contributed by atoms with Crippen molar-refractivity contribution in [3.05, 3.63) is 12.2 Å². The maximum atomic E-state index is 12.4. The van der Waals surface area contributed by atoms with Crippen molar-refractivity contribution >= 4 is 11.9 Å². The molecule has 0 radical (unpaired) electrons. The van der Waals surface area contributed by atoms with E-state index in [1.807, 2.05) is 6.08 Å². The molecule has 0 spiro atoms. The number of nitrogens with one attached hydrogen (secondary N) is 1. The molecule has 0 aliphatic heterocycles. The molecule has 0 saturated carbocycles. The lowest BCUT2D eigenvalue weighted by Crippen LogP contribution is -2.45. The van der Waals surface area contributed by atoms with Gasteiger partial charge in [0.2, 0.25) is 5.91 Å². The number of carbonyl (C=O) groups is 2. The number of amides is 1. The van der Waals surface area contributed by atoms with Crippen molar-refractivity contribution in [1.82, 2.24) is 5.32 Å². The first-order valence-corrected chi connectivity index (χ1v) is 30.0. The maximum Gasteiger partial charge on any atom is 0.305 e. The molecule has 6 heteroatoms. The molecular formula is C60H117NO5. The van der Waals surface area contributed by atoms with Gasteiger partial charge in [-0.1, -0.05) is 302 Å². The number of unbranched alkanes of at least 4 members (excludes halogenated alkanes) is 45. The summed E-state index contributed by atoms with van der Waals surface area (Å²) in [7, 11) is 0. The Morgan fingerprint density at radius 3 is 1.03 bits per heavy atom. The lowest BCUT2D eigenvalue weighted by Gasteiger charge is -2.20. The first-order chi connectivity index (χ1) is 32.5. The minimum Gasteiger partial charge on any atom is -0.466 e. The molecule has 0 bridgehead atoms.